The molecule has 0 unspecified atom stereocenters. The molecule has 0 aromatic heterocycles. The lowest BCUT2D eigenvalue weighted by Gasteiger charge is -2.07. The number of anilines is 1. The van der Waals surface area contributed by atoms with Crippen LogP contribution >= 0.6 is 11.8 Å². The average Bonchev–Trinajstić information content (AvgIpc) is 2.94. The minimum Gasteiger partial charge on any atom is -0.399 e. The maximum Gasteiger partial charge on any atom is 0.212 e. The van der Waals surface area contributed by atoms with Crippen molar-refractivity contribution in [1.29, 1.82) is 0 Å². The van der Waals surface area contributed by atoms with Crippen LogP contribution in [-0.4, -0.2) is 26.5 Å². The lowest BCUT2D eigenvalue weighted by Crippen LogP contribution is -2.28. The summed E-state index contributed by atoms with van der Waals surface area (Å²) in [5, 5.41) is 0. The van der Waals surface area contributed by atoms with Crippen LogP contribution in [0.4, 0.5) is 5.69 Å². The maximum atomic E-state index is 11.9. The van der Waals surface area contributed by atoms with Gasteiger partial charge >= 0.3 is 0 Å². The number of nitrogens with one attached hydrogen (secondary N) is 1. The first-order valence-electron chi connectivity index (χ1n) is 7.19. The average molecular weight is 326 g/mol. The van der Waals surface area contributed by atoms with E-state index in [4.69, 9.17) is 5.73 Å². The van der Waals surface area contributed by atoms with Crippen LogP contribution < -0.4 is 10.5 Å². The molecule has 1 aliphatic rings. The highest BCUT2D eigenvalue weighted by molar-refractivity contribution is 8.00. The number of hydrogen-bond donors (Lipinski definition) is 2. The highest BCUT2D eigenvalue weighted by Gasteiger charge is 2.11. The van der Waals surface area contributed by atoms with Crippen molar-refractivity contribution in [1.82, 2.24) is 4.72 Å². The Bertz CT molecular complexity index is 580. The number of thioether (sulfide) groups is 1. The molecule has 21 heavy (non-hydrogen) atoms. The molecule has 116 valence electrons. The molecule has 0 radical (unpaired) electrons. The molecule has 6 heteroatoms. The van der Waals surface area contributed by atoms with E-state index in [1.165, 1.54) is 23.8 Å². The van der Waals surface area contributed by atoms with Gasteiger partial charge in [0.15, 0.2) is 0 Å². The third-order valence-electron chi connectivity index (χ3n) is 3.40. The van der Waals surface area contributed by atoms with Crippen molar-refractivity contribution >= 4 is 27.5 Å². The van der Waals surface area contributed by atoms with Crippen LogP contribution in [0.3, 0.4) is 0 Å². The second-order valence-corrected chi connectivity index (χ2v) is 8.23. The van der Waals surface area contributed by atoms with Crippen LogP contribution in [0.2, 0.25) is 0 Å². The summed E-state index contributed by atoms with van der Waals surface area (Å²) in [7, 11) is -3.17. The van der Waals surface area contributed by atoms with E-state index in [9.17, 15) is 8.42 Å². The van der Waals surface area contributed by atoms with E-state index in [-0.39, 0.29) is 5.75 Å². The van der Waals surface area contributed by atoms with Crippen LogP contribution in [-0.2, 0) is 10.0 Å². The number of allylic oxidation sites excluding steroid dienone is 1. The molecule has 0 saturated heterocycles. The Morgan fingerprint density at radius 1 is 1.24 bits per heavy atom. The molecule has 0 bridgehead atoms. The van der Waals surface area contributed by atoms with E-state index in [2.05, 4.69) is 10.8 Å². The van der Waals surface area contributed by atoms with Gasteiger partial charge in [-0.3, -0.25) is 0 Å². The summed E-state index contributed by atoms with van der Waals surface area (Å²) >= 11 is 1.53. The van der Waals surface area contributed by atoms with Crippen molar-refractivity contribution in [3.05, 3.63) is 35.9 Å². The first-order chi connectivity index (χ1) is 10.1. The van der Waals surface area contributed by atoms with Crippen LogP contribution in [0.25, 0.3) is 0 Å². The van der Waals surface area contributed by atoms with Gasteiger partial charge in [0.25, 0.3) is 0 Å². The van der Waals surface area contributed by atoms with E-state index in [0.29, 0.717) is 12.3 Å². The van der Waals surface area contributed by atoms with Gasteiger partial charge in [-0.25, -0.2) is 13.1 Å². The van der Waals surface area contributed by atoms with E-state index >= 15 is 0 Å². The van der Waals surface area contributed by atoms with Crippen molar-refractivity contribution < 1.29 is 8.42 Å². The molecular weight excluding hydrogens is 304 g/mol. The van der Waals surface area contributed by atoms with E-state index in [0.717, 1.165) is 29.8 Å². The van der Waals surface area contributed by atoms with Gasteiger partial charge in [0, 0.05) is 22.9 Å². The van der Waals surface area contributed by atoms with Crippen LogP contribution in [0.15, 0.2) is 40.8 Å². The van der Waals surface area contributed by atoms with E-state index in [1.54, 1.807) is 0 Å². The number of rotatable bonds is 8. The van der Waals surface area contributed by atoms with Crippen LogP contribution in [0, 0.1) is 0 Å². The van der Waals surface area contributed by atoms with E-state index in [1.807, 2.05) is 24.3 Å². The minimum atomic E-state index is -3.17. The molecule has 1 aromatic rings. The normalized spacial score (nSPS) is 15.1. The number of hydrogen-bond acceptors (Lipinski definition) is 4. The lowest BCUT2D eigenvalue weighted by atomic mass is 10.2. The fourth-order valence-electron chi connectivity index (χ4n) is 2.24. The third-order valence-corrected chi connectivity index (χ3v) is 6.06. The molecule has 3 N–H and O–H groups in total. The van der Waals surface area contributed by atoms with Crippen molar-refractivity contribution in [2.45, 2.75) is 30.6 Å². The number of sulfonamides is 1. The molecule has 0 atom stereocenters. The molecule has 0 spiro atoms. The standard InChI is InChI=1S/C15H22N2O2S2/c16-14-5-7-15(8-6-14)20-11-12-21(18,19)17-10-9-13-3-1-2-4-13/h3,5-8,17H,1-2,4,9-12,16H2. The van der Waals surface area contributed by atoms with Gasteiger partial charge in [-0.1, -0.05) is 11.6 Å². The Kier molecular flexibility index (Phi) is 6.14. The summed E-state index contributed by atoms with van der Waals surface area (Å²) in [6, 6.07) is 7.47. The van der Waals surface area contributed by atoms with Crippen molar-refractivity contribution in [2.24, 2.45) is 0 Å². The Labute approximate surface area is 131 Å². The maximum absolute atomic E-state index is 11.9. The molecule has 4 nitrogen and oxygen atoms in total. The molecule has 0 aliphatic heterocycles. The van der Waals surface area contributed by atoms with Gasteiger partial charge < -0.3 is 5.73 Å². The number of benzene rings is 1. The molecule has 2 rings (SSSR count). The van der Waals surface area contributed by atoms with Gasteiger partial charge in [0.05, 0.1) is 5.75 Å². The summed E-state index contributed by atoms with van der Waals surface area (Å²) in [6.45, 7) is 0.515. The smallest absolute Gasteiger partial charge is 0.212 e. The van der Waals surface area contributed by atoms with Gasteiger partial charge in [0.2, 0.25) is 10.0 Å². The molecular formula is C15H22N2O2S2. The van der Waals surface area contributed by atoms with Crippen LogP contribution in [0.1, 0.15) is 25.7 Å². The molecule has 1 aromatic carbocycles. The highest BCUT2D eigenvalue weighted by Crippen LogP contribution is 2.20. The zero-order valence-electron chi connectivity index (χ0n) is 12.0. The third kappa shape index (κ3) is 6.11. The SMILES string of the molecule is Nc1ccc(SCCS(=O)(=O)NCCC2=CCCC2)cc1. The summed E-state index contributed by atoms with van der Waals surface area (Å²) in [5.74, 6) is 0.684. The number of nitrogen functional groups attached to an aromatic ring is 1. The van der Waals surface area contributed by atoms with Gasteiger partial charge in [0.1, 0.15) is 0 Å². The number of nitrogens with two attached hydrogens (primary N) is 1. The van der Waals surface area contributed by atoms with Crippen molar-refractivity contribution in [3.8, 4) is 0 Å². The largest absolute Gasteiger partial charge is 0.399 e. The molecule has 0 heterocycles. The minimum absolute atomic E-state index is 0.140. The van der Waals surface area contributed by atoms with Gasteiger partial charge in [-0.05, 0) is 49.9 Å². The zero-order chi connectivity index (χ0) is 15.1. The summed E-state index contributed by atoms with van der Waals surface area (Å²) < 4.78 is 26.4. The summed E-state index contributed by atoms with van der Waals surface area (Å²) in [6.07, 6.45) is 6.53. The molecule has 0 saturated carbocycles. The van der Waals surface area contributed by atoms with Crippen molar-refractivity contribution in [3.63, 3.8) is 0 Å². The van der Waals surface area contributed by atoms with Crippen LogP contribution in [0.5, 0.6) is 0 Å². The predicted octanol–water partition coefficient (Wildman–Crippen LogP) is 2.78. The quantitative estimate of drug-likeness (QED) is 0.438. The first-order valence-corrected chi connectivity index (χ1v) is 9.82. The van der Waals surface area contributed by atoms with Crippen molar-refractivity contribution in [2.75, 3.05) is 23.8 Å². The predicted molar refractivity (Wildman–Crippen MR) is 89.9 cm³/mol. The Hall–Kier alpha value is -0.980. The second kappa shape index (κ2) is 7.87. The van der Waals surface area contributed by atoms with E-state index < -0.39 is 10.0 Å². The fourth-order valence-corrected chi connectivity index (χ4v) is 4.57. The molecule has 0 fully saturated rings. The van der Waals surface area contributed by atoms with Gasteiger partial charge in [-0.2, -0.15) is 0 Å². The summed E-state index contributed by atoms with van der Waals surface area (Å²) in [5.41, 5.74) is 7.71. The second-order valence-electron chi connectivity index (χ2n) is 5.14. The Balaban J connectivity index is 1.67. The fraction of sp³-hybridized carbons (Fsp3) is 0.467. The Morgan fingerprint density at radius 2 is 2.00 bits per heavy atom. The lowest BCUT2D eigenvalue weighted by molar-refractivity contribution is 0.583. The Morgan fingerprint density at radius 3 is 2.67 bits per heavy atom. The molecule has 1 aliphatic carbocycles. The highest BCUT2D eigenvalue weighted by atomic mass is 32.2. The first kappa shape index (κ1) is 16.4. The zero-order valence-corrected chi connectivity index (χ0v) is 13.7. The topological polar surface area (TPSA) is 72.2 Å². The van der Waals surface area contributed by atoms with Gasteiger partial charge in [-0.15, -0.1) is 11.8 Å². The monoisotopic (exact) mass is 326 g/mol. The molecule has 0 amide bonds. The summed E-state index contributed by atoms with van der Waals surface area (Å²) in [4.78, 5) is 1.04.